The van der Waals surface area contributed by atoms with E-state index in [0.29, 0.717) is 12.6 Å². The number of thiophene rings is 1. The molecule has 2 aliphatic rings. The normalized spacial score (nSPS) is 27.8. The number of nitrogens with zero attached hydrogens (tertiary/aromatic N) is 1. The van der Waals surface area contributed by atoms with E-state index < -0.39 is 0 Å². The first-order valence-corrected chi connectivity index (χ1v) is 10.2. The minimum Gasteiger partial charge on any atom is -0.368 e. The summed E-state index contributed by atoms with van der Waals surface area (Å²) < 4.78 is 5.98. The zero-order valence-electron chi connectivity index (χ0n) is 14.7. The third-order valence-electron chi connectivity index (χ3n) is 5.34. The standard InChI is InChI=1S/C19H30N2O2S/c1-15-6-8-17(9-7-15)23-14-19(22)21(13-18-5-3-11-24-18)16-4-2-10-20-12-16/h3,5,11,15-17,20H,2,4,6-10,12-14H2,1H3. The molecule has 1 aromatic heterocycles. The summed E-state index contributed by atoms with van der Waals surface area (Å²) in [7, 11) is 0. The second kappa shape index (κ2) is 8.97. The SMILES string of the molecule is CC1CCC(OCC(=O)N(Cc2cccs2)C2CCCNC2)CC1. The third-order valence-corrected chi connectivity index (χ3v) is 6.20. The smallest absolute Gasteiger partial charge is 0.249 e. The molecule has 2 fully saturated rings. The lowest BCUT2D eigenvalue weighted by Gasteiger charge is -2.35. The van der Waals surface area contributed by atoms with E-state index in [1.807, 2.05) is 4.90 Å². The largest absolute Gasteiger partial charge is 0.368 e. The van der Waals surface area contributed by atoms with E-state index in [-0.39, 0.29) is 18.6 Å². The summed E-state index contributed by atoms with van der Waals surface area (Å²) in [4.78, 5) is 16.1. The van der Waals surface area contributed by atoms with E-state index in [4.69, 9.17) is 4.74 Å². The van der Waals surface area contributed by atoms with Gasteiger partial charge in [0.1, 0.15) is 6.61 Å². The van der Waals surface area contributed by atoms with E-state index >= 15 is 0 Å². The van der Waals surface area contributed by atoms with Gasteiger partial charge >= 0.3 is 0 Å². The lowest BCUT2D eigenvalue weighted by molar-refractivity contribution is -0.142. The highest BCUT2D eigenvalue weighted by atomic mass is 32.1. The zero-order valence-corrected chi connectivity index (χ0v) is 15.5. The van der Waals surface area contributed by atoms with Gasteiger partial charge < -0.3 is 15.0 Å². The van der Waals surface area contributed by atoms with Gasteiger partial charge in [-0.25, -0.2) is 0 Å². The number of amides is 1. The Kier molecular flexibility index (Phi) is 6.69. The van der Waals surface area contributed by atoms with Crippen molar-refractivity contribution in [2.75, 3.05) is 19.7 Å². The summed E-state index contributed by atoms with van der Waals surface area (Å²) in [5.74, 6) is 0.958. The monoisotopic (exact) mass is 350 g/mol. The molecule has 0 spiro atoms. The average molecular weight is 351 g/mol. The van der Waals surface area contributed by atoms with Gasteiger partial charge in [0.05, 0.1) is 12.6 Å². The number of piperidine rings is 1. The van der Waals surface area contributed by atoms with E-state index in [2.05, 4.69) is 29.8 Å². The van der Waals surface area contributed by atoms with Crippen LogP contribution in [0.4, 0.5) is 0 Å². The van der Waals surface area contributed by atoms with Gasteiger partial charge in [0.25, 0.3) is 0 Å². The van der Waals surface area contributed by atoms with Crippen LogP contribution in [0.25, 0.3) is 0 Å². The number of ether oxygens (including phenoxy) is 1. The third kappa shape index (κ3) is 5.04. The second-order valence-electron chi connectivity index (χ2n) is 7.29. The number of nitrogens with one attached hydrogen (secondary N) is 1. The van der Waals surface area contributed by atoms with Crippen molar-refractivity contribution >= 4 is 17.2 Å². The average Bonchev–Trinajstić information content (AvgIpc) is 3.13. The molecule has 1 aliphatic heterocycles. The highest BCUT2D eigenvalue weighted by Gasteiger charge is 2.27. The Morgan fingerprint density at radius 3 is 2.83 bits per heavy atom. The van der Waals surface area contributed by atoms with Crippen LogP contribution < -0.4 is 5.32 Å². The summed E-state index contributed by atoms with van der Waals surface area (Å²) >= 11 is 1.72. The maximum Gasteiger partial charge on any atom is 0.249 e. The Labute approximate surface area is 149 Å². The van der Waals surface area contributed by atoms with Gasteiger partial charge in [0.15, 0.2) is 0 Å². The van der Waals surface area contributed by atoms with Crippen molar-refractivity contribution in [2.45, 2.75) is 64.1 Å². The molecule has 0 aromatic carbocycles. The van der Waals surface area contributed by atoms with Gasteiger partial charge in [-0.05, 0) is 62.4 Å². The van der Waals surface area contributed by atoms with Gasteiger partial charge in [-0.1, -0.05) is 13.0 Å². The molecule has 1 saturated carbocycles. The summed E-state index contributed by atoms with van der Waals surface area (Å²) in [6, 6.07) is 4.47. The van der Waals surface area contributed by atoms with Gasteiger partial charge in [0.2, 0.25) is 5.91 Å². The van der Waals surface area contributed by atoms with Crippen LogP contribution >= 0.6 is 11.3 Å². The Morgan fingerprint density at radius 1 is 1.33 bits per heavy atom. The van der Waals surface area contributed by atoms with Gasteiger partial charge in [-0.2, -0.15) is 0 Å². The van der Waals surface area contributed by atoms with E-state index in [0.717, 1.165) is 44.7 Å². The van der Waals surface area contributed by atoms with Crippen LogP contribution in [0.15, 0.2) is 17.5 Å². The fourth-order valence-electron chi connectivity index (χ4n) is 3.76. The lowest BCUT2D eigenvalue weighted by Crippen LogP contribution is -2.49. The molecule has 4 nitrogen and oxygen atoms in total. The highest BCUT2D eigenvalue weighted by Crippen LogP contribution is 2.26. The Balaban J connectivity index is 1.55. The van der Waals surface area contributed by atoms with Crippen molar-refractivity contribution in [3.63, 3.8) is 0 Å². The maximum absolute atomic E-state index is 12.9. The minimum absolute atomic E-state index is 0.149. The van der Waals surface area contributed by atoms with Crippen LogP contribution in [-0.4, -0.2) is 42.6 Å². The van der Waals surface area contributed by atoms with E-state index in [1.54, 1.807) is 11.3 Å². The molecule has 1 atom stereocenters. The molecule has 0 bridgehead atoms. The van der Waals surface area contributed by atoms with Gasteiger partial charge in [-0.15, -0.1) is 11.3 Å². The number of hydrogen-bond donors (Lipinski definition) is 1. The van der Waals surface area contributed by atoms with Crippen molar-refractivity contribution in [1.29, 1.82) is 0 Å². The van der Waals surface area contributed by atoms with Crippen LogP contribution in [0.3, 0.4) is 0 Å². The molecule has 3 rings (SSSR count). The van der Waals surface area contributed by atoms with Crippen LogP contribution in [0, 0.1) is 5.92 Å². The Hall–Kier alpha value is -0.910. The lowest BCUT2D eigenvalue weighted by atomic mass is 9.89. The molecule has 1 N–H and O–H groups in total. The zero-order chi connectivity index (χ0) is 16.8. The highest BCUT2D eigenvalue weighted by molar-refractivity contribution is 7.09. The van der Waals surface area contributed by atoms with Crippen LogP contribution in [-0.2, 0) is 16.1 Å². The Morgan fingerprint density at radius 2 is 2.17 bits per heavy atom. The molecule has 2 heterocycles. The number of carbonyl (C=O) groups is 1. The summed E-state index contributed by atoms with van der Waals surface area (Å²) in [5, 5.41) is 5.51. The minimum atomic E-state index is 0.149. The topological polar surface area (TPSA) is 41.6 Å². The van der Waals surface area contributed by atoms with Gasteiger partial charge in [0, 0.05) is 17.5 Å². The van der Waals surface area contributed by atoms with Crippen molar-refractivity contribution in [1.82, 2.24) is 10.2 Å². The molecule has 24 heavy (non-hydrogen) atoms. The van der Waals surface area contributed by atoms with Crippen molar-refractivity contribution in [2.24, 2.45) is 5.92 Å². The molecule has 1 aromatic rings. The van der Waals surface area contributed by atoms with Gasteiger partial charge in [-0.3, -0.25) is 4.79 Å². The molecule has 1 amide bonds. The number of carbonyl (C=O) groups excluding carboxylic acids is 1. The fraction of sp³-hybridized carbons (Fsp3) is 0.737. The maximum atomic E-state index is 12.9. The predicted molar refractivity (Wildman–Crippen MR) is 98.1 cm³/mol. The molecule has 0 radical (unpaired) electrons. The number of rotatable bonds is 6. The van der Waals surface area contributed by atoms with E-state index in [9.17, 15) is 4.79 Å². The number of hydrogen-bond acceptors (Lipinski definition) is 4. The molecule has 5 heteroatoms. The van der Waals surface area contributed by atoms with Crippen LogP contribution in [0.5, 0.6) is 0 Å². The fourth-order valence-corrected chi connectivity index (χ4v) is 4.46. The van der Waals surface area contributed by atoms with Crippen molar-refractivity contribution in [3.8, 4) is 0 Å². The first-order chi connectivity index (χ1) is 11.7. The molecule has 134 valence electrons. The Bertz CT molecular complexity index is 491. The summed E-state index contributed by atoms with van der Waals surface area (Å²) in [6.07, 6.45) is 7.16. The molecular weight excluding hydrogens is 320 g/mol. The molecule has 1 unspecified atom stereocenters. The second-order valence-corrected chi connectivity index (χ2v) is 8.33. The van der Waals surface area contributed by atoms with Crippen molar-refractivity contribution < 1.29 is 9.53 Å². The quantitative estimate of drug-likeness (QED) is 0.855. The van der Waals surface area contributed by atoms with E-state index in [1.165, 1.54) is 17.7 Å². The summed E-state index contributed by atoms with van der Waals surface area (Å²) in [5.41, 5.74) is 0. The first kappa shape index (κ1) is 17.9. The molecule has 1 aliphatic carbocycles. The predicted octanol–water partition coefficient (Wildman–Crippen LogP) is 3.42. The van der Waals surface area contributed by atoms with Crippen molar-refractivity contribution in [3.05, 3.63) is 22.4 Å². The summed E-state index contributed by atoms with van der Waals surface area (Å²) in [6.45, 7) is 5.22. The molecular formula is C19H30N2O2S. The molecule has 1 saturated heterocycles. The first-order valence-electron chi connectivity index (χ1n) is 9.36. The van der Waals surface area contributed by atoms with Crippen LogP contribution in [0.2, 0.25) is 0 Å². The van der Waals surface area contributed by atoms with Crippen LogP contribution in [0.1, 0.15) is 50.3 Å².